The second kappa shape index (κ2) is 5.14. The Morgan fingerprint density at radius 1 is 1.55 bits per heavy atom. The van der Waals surface area contributed by atoms with E-state index in [1.165, 1.54) is 17.4 Å². The molecule has 1 unspecified atom stereocenters. The third kappa shape index (κ3) is 2.43. The number of hydrogen-bond donors (Lipinski definition) is 2. The van der Waals surface area contributed by atoms with Crippen LogP contribution < -0.4 is 5.32 Å². The zero-order chi connectivity index (χ0) is 14.3. The zero-order valence-corrected chi connectivity index (χ0v) is 12.6. The third-order valence-corrected chi connectivity index (χ3v) is 4.84. The predicted molar refractivity (Wildman–Crippen MR) is 78.2 cm³/mol. The number of nitrogens with one attached hydrogen (secondary N) is 1. The first-order valence-corrected chi connectivity index (χ1v) is 7.60. The van der Waals surface area contributed by atoms with Crippen LogP contribution in [0.2, 0.25) is 0 Å². The van der Waals surface area contributed by atoms with E-state index in [9.17, 15) is 9.18 Å². The minimum absolute atomic E-state index is 0.330. The van der Waals surface area contributed by atoms with Crippen LogP contribution in [0.15, 0.2) is 22.7 Å². The highest BCUT2D eigenvalue weighted by Gasteiger charge is 2.32. The van der Waals surface area contributed by atoms with Crippen LogP contribution in [0.4, 0.5) is 15.2 Å². The van der Waals surface area contributed by atoms with Crippen LogP contribution in [0.3, 0.4) is 0 Å². The van der Waals surface area contributed by atoms with Gasteiger partial charge in [-0.1, -0.05) is 0 Å². The maximum atomic E-state index is 13.2. The molecule has 4 nitrogen and oxygen atoms in total. The van der Waals surface area contributed by atoms with Crippen LogP contribution in [0.1, 0.15) is 22.9 Å². The topological polar surface area (TPSA) is 62.2 Å². The molecule has 7 heteroatoms. The number of aliphatic carboxylic acids is 1. The number of benzene rings is 1. The second-order valence-electron chi connectivity index (χ2n) is 4.51. The van der Waals surface area contributed by atoms with Crippen molar-refractivity contribution in [1.29, 1.82) is 0 Å². The van der Waals surface area contributed by atoms with Crippen molar-refractivity contribution in [2.24, 2.45) is 0 Å². The molecular formula is C13H10BrFN2O2S. The fourth-order valence-electron chi connectivity index (χ4n) is 2.22. The summed E-state index contributed by atoms with van der Waals surface area (Å²) in [6, 6.07) is 4.59. The Labute approximate surface area is 126 Å². The Balaban J connectivity index is 1.84. The van der Waals surface area contributed by atoms with Gasteiger partial charge in [0.1, 0.15) is 11.7 Å². The van der Waals surface area contributed by atoms with Gasteiger partial charge >= 0.3 is 5.97 Å². The van der Waals surface area contributed by atoms with Gasteiger partial charge in [-0.15, -0.1) is 11.3 Å². The molecule has 3 rings (SSSR count). The predicted octanol–water partition coefficient (Wildman–Crippen LogP) is 3.90. The number of hydrogen-bond acceptors (Lipinski definition) is 4. The number of carboxylic acid groups (broad SMARTS) is 1. The molecule has 0 amide bonds. The Hall–Kier alpha value is -1.47. The van der Waals surface area contributed by atoms with Crippen molar-refractivity contribution in [3.8, 4) is 0 Å². The molecule has 1 atom stereocenters. The largest absolute Gasteiger partial charge is 0.481 e. The Kier molecular flexibility index (Phi) is 3.47. The fourth-order valence-corrected chi connectivity index (χ4v) is 3.66. The average molecular weight is 357 g/mol. The van der Waals surface area contributed by atoms with E-state index in [0.29, 0.717) is 27.4 Å². The third-order valence-electron chi connectivity index (χ3n) is 3.19. The molecule has 0 saturated heterocycles. The molecular weight excluding hydrogens is 347 g/mol. The van der Waals surface area contributed by atoms with Crippen LogP contribution in [0, 0.1) is 5.82 Å². The maximum Gasteiger partial charge on any atom is 0.312 e. The molecule has 2 aromatic rings. The molecule has 1 aromatic heterocycles. The standard InChI is InChI=1S/C13H10BrFN2O2S/c14-8-5-6(1-3-9(8)15)16-13-17-11-7(12(18)19)2-4-10(11)20-13/h1,3,5,7H,2,4H2,(H,16,17)(H,18,19). The first kappa shape index (κ1) is 13.5. The number of carboxylic acids is 1. The Bertz CT molecular complexity index is 689. The monoisotopic (exact) mass is 356 g/mol. The Morgan fingerprint density at radius 2 is 2.35 bits per heavy atom. The zero-order valence-electron chi connectivity index (χ0n) is 10.2. The normalized spacial score (nSPS) is 17.0. The van der Waals surface area contributed by atoms with Gasteiger partial charge in [-0.05, 0) is 47.0 Å². The van der Waals surface area contributed by atoms with Crippen molar-refractivity contribution >= 4 is 44.1 Å². The van der Waals surface area contributed by atoms with Crippen LogP contribution in [-0.2, 0) is 11.2 Å². The number of halogens is 2. The minimum Gasteiger partial charge on any atom is -0.481 e. The number of aryl methyl sites for hydroxylation is 1. The van der Waals surface area contributed by atoms with E-state index in [2.05, 4.69) is 26.2 Å². The summed E-state index contributed by atoms with van der Waals surface area (Å²) in [6.45, 7) is 0. The summed E-state index contributed by atoms with van der Waals surface area (Å²) in [5.74, 6) is -1.66. The van der Waals surface area contributed by atoms with E-state index in [0.717, 1.165) is 11.3 Å². The summed E-state index contributed by atoms with van der Waals surface area (Å²) in [5.41, 5.74) is 1.36. The summed E-state index contributed by atoms with van der Waals surface area (Å²) in [4.78, 5) is 16.5. The van der Waals surface area contributed by atoms with Gasteiger partial charge in [0.25, 0.3) is 0 Å². The Morgan fingerprint density at radius 3 is 3.05 bits per heavy atom. The van der Waals surface area contributed by atoms with Crippen molar-refractivity contribution in [3.05, 3.63) is 39.1 Å². The van der Waals surface area contributed by atoms with Crippen LogP contribution in [-0.4, -0.2) is 16.1 Å². The molecule has 104 valence electrons. The quantitative estimate of drug-likeness (QED) is 0.875. The van der Waals surface area contributed by atoms with Gasteiger partial charge in [0.05, 0.1) is 10.2 Å². The fraction of sp³-hybridized carbons (Fsp3) is 0.231. The number of thiazole rings is 1. The number of nitrogens with zero attached hydrogens (tertiary/aromatic N) is 1. The van der Waals surface area contributed by atoms with Gasteiger partial charge in [0, 0.05) is 10.6 Å². The van der Waals surface area contributed by atoms with Crippen LogP contribution in [0.5, 0.6) is 0 Å². The lowest BCUT2D eigenvalue weighted by Crippen LogP contribution is -2.08. The lowest BCUT2D eigenvalue weighted by atomic mass is 10.1. The van der Waals surface area contributed by atoms with Crippen molar-refractivity contribution < 1.29 is 14.3 Å². The first-order chi connectivity index (χ1) is 9.54. The summed E-state index contributed by atoms with van der Waals surface area (Å²) in [6.07, 6.45) is 1.37. The summed E-state index contributed by atoms with van der Waals surface area (Å²) >= 11 is 4.58. The maximum absolute atomic E-state index is 13.2. The lowest BCUT2D eigenvalue weighted by Gasteiger charge is -2.05. The van der Waals surface area contributed by atoms with Gasteiger partial charge in [-0.3, -0.25) is 4.79 Å². The molecule has 0 spiro atoms. The van der Waals surface area contributed by atoms with Crippen LogP contribution >= 0.6 is 27.3 Å². The van der Waals surface area contributed by atoms with Gasteiger partial charge in [0.2, 0.25) is 0 Å². The van der Waals surface area contributed by atoms with E-state index in [-0.39, 0.29) is 5.82 Å². The molecule has 0 aliphatic heterocycles. The minimum atomic E-state index is -0.829. The molecule has 0 bridgehead atoms. The molecule has 2 N–H and O–H groups in total. The highest BCUT2D eigenvalue weighted by molar-refractivity contribution is 9.10. The molecule has 1 aromatic carbocycles. The molecule has 1 aliphatic carbocycles. The molecule has 20 heavy (non-hydrogen) atoms. The van der Waals surface area contributed by atoms with E-state index >= 15 is 0 Å². The molecule has 0 saturated carbocycles. The highest BCUT2D eigenvalue weighted by Crippen LogP contribution is 2.39. The average Bonchev–Trinajstić information content (AvgIpc) is 2.93. The van der Waals surface area contributed by atoms with Crippen LogP contribution in [0.25, 0.3) is 0 Å². The molecule has 0 radical (unpaired) electrons. The van der Waals surface area contributed by atoms with Crippen molar-refractivity contribution in [1.82, 2.24) is 4.98 Å². The number of carbonyl (C=O) groups is 1. The smallest absolute Gasteiger partial charge is 0.312 e. The van der Waals surface area contributed by atoms with Gasteiger partial charge in [-0.2, -0.15) is 0 Å². The first-order valence-electron chi connectivity index (χ1n) is 5.99. The summed E-state index contributed by atoms with van der Waals surface area (Å²) < 4.78 is 13.5. The van der Waals surface area contributed by atoms with Crippen molar-refractivity contribution in [3.63, 3.8) is 0 Å². The van der Waals surface area contributed by atoms with E-state index < -0.39 is 11.9 Å². The van der Waals surface area contributed by atoms with Gasteiger partial charge in [0.15, 0.2) is 5.13 Å². The highest BCUT2D eigenvalue weighted by atomic mass is 79.9. The summed E-state index contributed by atoms with van der Waals surface area (Å²) in [5, 5.41) is 12.8. The number of rotatable bonds is 3. The van der Waals surface area contributed by atoms with Crippen molar-refractivity contribution in [2.45, 2.75) is 18.8 Å². The number of anilines is 2. The van der Waals surface area contributed by atoms with Crippen molar-refractivity contribution in [2.75, 3.05) is 5.32 Å². The second-order valence-corrected chi connectivity index (χ2v) is 6.45. The lowest BCUT2D eigenvalue weighted by molar-refractivity contribution is -0.138. The van der Waals surface area contributed by atoms with Gasteiger partial charge in [-0.25, -0.2) is 9.37 Å². The molecule has 1 heterocycles. The number of fused-ring (bicyclic) bond motifs is 1. The van der Waals surface area contributed by atoms with E-state index in [1.54, 1.807) is 12.1 Å². The molecule has 0 fully saturated rings. The SMILES string of the molecule is O=C(O)C1CCc2sc(Nc3ccc(F)c(Br)c3)nc21. The van der Waals surface area contributed by atoms with Gasteiger partial charge < -0.3 is 10.4 Å². The van der Waals surface area contributed by atoms with E-state index in [1.807, 2.05) is 0 Å². The number of aromatic nitrogens is 1. The summed E-state index contributed by atoms with van der Waals surface area (Å²) in [7, 11) is 0. The van der Waals surface area contributed by atoms with E-state index in [4.69, 9.17) is 5.11 Å². The molecule has 1 aliphatic rings.